The van der Waals surface area contributed by atoms with Gasteiger partial charge in [-0.15, -0.1) is 11.3 Å². The van der Waals surface area contributed by atoms with Crippen LogP contribution in [-0.4, -0.2) is 5.78 Å². The molecule has 0 saturated carbocycles. The van der Waals surface area contributed by atoms with Gasteiger partial charge in [-0.25, -0.2) is 0 Å². The molecule has 0 unspecified atom stereocenters. The van der Waals surface area contributed by atoms with Crippen molar-refractivity contribution in [1.29, 1.82) is 0 Å². The van der Waals surface area contributed by atoms with Crippen LogP contribution < -0.4 is 0 Å². The third-order valence-electron chi connectivity index (χ3n) is 2.11. The molecule has 0 aliphatic carbocycles. The summed E-state index contributed by atoms with van der Waals surface area (Å²) >= 11 is 12.8. The minimum atomic E-state index is -0.0446. The van der Waals surface area contributed by atoms with E-state index in [0.29, 0.717) is 14.2 Å². The molecule has 1 aromatic heterocycles. The maximum absolute atomic E-state index is 11.7. The Kier molecular flexibility index (Phi) is 4.00. The molecule has 0 spiro atoms. The Morgan fingerprint density at radius 3 is 2.35 bits per heavy atom. The maximum Gasteiger partial charge on any atom is 0.195 e. The fraction of sp³-hybridized carbons (Fsp3) is 0. The van der Waals surface area contributed by atoms with Gasteiger partial charge in [-0.1, -0.05) is 41.4 Å². The summed E-state index contributed by atoms with van der Waals surface area (Å²) in [5, 5.41) is 0.679. The fourth-order valence-electron chi connectivity index (χ4n) is 1.27. The molecule has 1 aromatic carbocycles. The van der Waals surface area contributed by atoms with Gasteiger partial charge in [0.25, 0.3) is 0 Å². The van der Waals surface area contributed by atoms with Crippen LogP contribution in [0.5, 0.6) is 0 Å². The predicted octanol–water partition coefficient (Wildman–Crippen LogP) is 4.95. The van der Waals surface area contributed by atoms with E-state index in [1.54, 1.807) is 30.3 Å². The van der Waals surface area contributed by atoms with Crippen molar-refractivity contribution in [2.45, 2.75) is 0 Å². The summed E-state index contributed by atoms with van der Waals surface area (Å²) in [6.45, 7) is 0. The number of carbonyl (C=O) groups excluding carboxylic acids is 1. The molecule has 0 saturated heterocycles. The van der Waals surface area contributed by atoms with Crippen LogP contribution in [0.4, 0.5) is 0 Å². The Morgan fingerprint density at radius 2 is 1.76 bits per heavy atom. The zero-order valence-corrected chi connectivity index (χ0v) is 11.0. The van der Waals surface area contributed by atoms with E-state index >= 15 is 0 Å². The number of rotatable bonds is 3. The van der Waals surface area contributed by atoms with Crippen LogP contribution in [0.25, 0.3) is 6.08 Å². The summed E-state index contributed by atoms with van der Waals surface area (Å²) in [5.41, 5.74) is 0.936. The summed E-state index contributed by atoms with van der Waals surface area (Å²) in [7, 11) is 0. The molecule has 1 nitrogen and oxygen atoms in total. The van der Waals surface area contributed by atoms with Crippen LogP contribution in [0.15, 0.2) is 42.5 Å². The lowest BCUT2D eigenvalue weighted by Gasteiger charge is -1.93. The van der Waals surface area contributed by atoms with E-state index in [0.717, 1.165) is 5.56 Å². The third-order valence-corrected chi connectivity index (χ3v) is 3.61. The van der Waals surface area contributed by atoms with Crippen molar-refractivity contribution in [2.24, 2.45) is 0 Å². The molecule has 1 heterocycles. The van der Waals surface area contributed by atoms with Gasteiger partial charge in [0, 0.05) is 5.02 Å². The number of ketones is 1. The molecule has 0 atom stereocenters. The van der Waals surface area contributed by atoms with Crippen molar-refractivity contribution < 1.29 is 4.79 Å². The van der Waals surface area contributed by atoms with Crippen LogP contribution in [-0.2, 0) is 0 Å². The summed E-state index contributed by atoms with van der Waals surface area (Å²) in [6.07, 6.45) is 3.29. The first-order chi connectivity index (χ1) is 8.15. The number of thiophene rings is 1. The zero-order chi connectivity index (χ0) is 12.3. The second-order valence-corrected chi connectivity index (χ2v) is 5.50. The molecule has 0 aliphatic rings. The number of allylic oxidation sites excluding steroid dienone is 1. The quantitative estimate of drug-likeness (QED) is 0.575. The molecule has 0 bridgehead atoms. The van der Waals surface area contributed by atoms with E-state index in [1.165, 1.54) is 17.4 Å². The number of halogens is 2. The maximum atomic E-state index is 11.7. The lowest BCUT2D eigenvalue weighted by molar-refractivity contribution is 0.105. The Labute approximate surface area is 113 Å². The van der Waals surface area contributed by atoms with Gasteiger partial charge in [-0.2, -0.15) is 0 Å². The summed E-state index contributed by atoms with van der Waals surface area (Å²) in [4.78, 5) is 12.4. The van der Waals surface area contributed by atoms with E-state index in [2.05, 4.69) is 0 Å². The van der Waals surface area contributed by atoms with Gasteiger partial charge < -0.3 is 0 Å². The minimum absolute atomic E-state index is 0.0446. The lowest BCUT2D eigenvalue weighted by Crippen LogP contribution is -1.88. The lowest BCUT2D eigenvalue weighted by atomic mass is 10.2. The van der Waals surface area contributed by atoms with Crippen LogP contribution >= 0.6 is 34.5 Å². The largest absolute Gasteiger partial charge is 0.288 e. The molecule has 0 aliphatic heterocycles. The van der Waals surface area contributed by atoms with Gasteiger partial charge >= 0.3 is 0 Å². The molecule has 86 valence electrons. The Bertz CT molecular complexity index is 555. The third kappa shape index (κ3) is 3.43. The Morgan fingerprint density at radius 1 is 1.06 bits per heavy atom. The van der Waals surface area contributed by atoms with Gasteiger partial charge in [0.2, 0.25) is 0 Å². The normalized spacial score (nSPS) is 10.9. The summed E-state index contributed by atoms with van der Waals surface area (Å²) < 4.78 is 0.619. The van der Waals surface area contributed by atoms with Crippen LogP contribution in [0.1, 0.15) is 15.2 Å². The second-order valence-electron chi connectivity index (χ2n) is 3.35. The molecule has 4 heteroatoms. The Hall–Kier alpha value is -1.09. The van der Waals surface area contributed by atoms with Gasteiger partial charge in [-0.05, 0) is 35.9 Å². The average molecular weight is 283 g/mol. The van der Waals surface area contributed by atoms with Crippen LogP contribution in [0, 0.1) is 0 Å². The summed E-state index contributed by atoms with van der Waals surface area (Å²) in [5.74, 6) is -0.0446. The highest BCUT2D eigenvalue weighted by Crippen LogP contribution is 2.22. The Balaban J connectivity index is 2.10. The van der Waals surface area contributed by atoms with Crippen molar-refractivity contribution in [1.82, 2.24) is 0 Å². The zero-order valence-electron chi connectivity index (χ0n) is 8.69. The molecule has 0 amide bonds. The number of hydrogen-bond donors (Lipinski definition) is 0. The van der Waals surface area contributed by atoms with Crippen molar-refractivity contribution in [3.05, 3.63) is 62.3 Å². The smallest absolute Gasteiger partial charge is 0.195 e. The van der Waals surface area contributed by atoms with Gasteiger partial charge in [-0.3, -0.25) is 4.79 Å². The van der Waals surface area contributed by atoms with Crippen molar-refractivity contribution in [2.75, 3.05) is 0 Å². The van der Waals surface area contributed by atoms with E-state index in [4.69, 9.17) is 23.2 Å². The standard InChI is InChI=1S/C13H8Cl2OS/c14-10-4-1-9(2-5-10)3-6-11(16)12-7-8-13(15)17-12/h1-8H/b6-3-. The first kappa shape index (κ1) is 12.4. The molecule has 17 heavy (non-hydrogen) atoms. The molecule has 0 fully saturated rings. The minimum Gasteiger partial charge on any atom is -0.288 e. The molecule has 0 radical (unpaired) electrons. The van der Waals surface area contributed by atoms with Crippen molar-refractivity contribution in [3.63, 3.8) is 0 Å². The second kappa shape index (κ2) is 5.50. The van der Waals surface area contributed by atoms with Crippen LogP contribution in [0.3, 0.4) is 0 Å². The van der Waals surface area contributed by atoms with E-state index in [1.807, 2.05) is 12.1 Å². The van der Waals surface area contributed by atoms with Crippen LogP contribution in [0.2, 0.25) is 9.36 Å². The SMILES string of the molecule is O=C(/C=C\c1ccc(Cl)cc1)c1ccc(Cl)s1. The number of hydrogen-bond acceptors (Lipinski definition) is 2. The van der Waals surface area contributed by atoms with Crippen molar-refractivity contribution in [3.8, 4) is 0 Å². The van der Waals surface area contributed by atoms with Gasteiger partial charge in [0.15, 0.2) is 5.78 Å². The molecular formula is C13H8Cl2OS. The highest BCUT2D eigenvalue weighted by Gasteiger charge is 2.04. The highest BCUT2D eigenvalue weighted by molar-refractivity contribution is 7.18. The summed E-state index contributed by atoms with van der Waals surface area (Å²) in [6, 6.07) is 10.7. The van der Waals surface area contributed by atoms with Crippen molar-refractivity contribution >= 4 is 46.4 Å². The topological polar surface area (TPSA) is 17.1 Å². The van der Waals surface area contributed by atoms with E-state index in [9.17, 15) is 4.79 Å². The molecular weight excluding hydrogens is 275 g/mol. The number of benzene rings is 1. The fourth-order valence-corrected chi connectivity index (χ4v) is 2.36. The highest BCUT2D eigenvalue weighted by atomic mass is 35.5. The monoisotopic (exact) mass is 282 g/mol. The first-order valence-electron chi connectivity index (χ1n) is 4.88. The van der Waals surface area contributed by atoms with E-state index in [-0.39, 0.29) is 5.78 Å². The number of carbonyl (C=O) groups is 1. The average Bonchev–Trinajstić information content (AvgIpc) is 2.75. The van der Waals surface area contributed by atoms with E-state index < -0.39 is 0 Å². The molecule has 0 N–H and O–H groups in total. The van der Waals surface area contributed by atoms with Gasteiger partial charge in [0.1, 0.15) is 0 Å². The first-order valence-corrected chi connectivity index (χ1v) is 6.46. The molecule has 2 aromatic rings. The van der Waals surface area contributed by atoms with Gasteiger partial charge in [0.05, 0.1) is 9.21 Å². The molecule has 2 rings (SSSR count). The predicted molar refractivity (Wildman–Crippen MR) is 74.1 cm³/mol.